The summed E-state index contributed by atoms with van der Waals surface area (Å²) < 4.78 is 29.9. The normalized spacial score (nSPS) is 23.8. The highest BCUT2D eigenvalue weighted by Gasteiger charge is 2.48. The van der Waals surface area contributed by atoms with Gasteiger partial charge in [0.05, 0.1) is 19.8 Å². The van der Waals surface area contributed by atoms with Crippen LogP contribution in [0.4, 0.5) is 0 Å². The number of aliphatic hydroxyl groups is 1. The molecular formula is C29H32O7. The molecule has 0 radical (unpaired) electrons. The van der Waals surface area contributed by atoms with E-state index in [0.29, 0.717) is 0 Å². The van der Waals surface area contributed by atoms with Crippen molar-refractivity contribution in [3.05, 3.63) is 108 Å². The van der Waals surface area contributed by atoms with Gasteiger partial charge in [-0.3, -0.25) is 4.79 Å². The van der Waals surface area contributed by atoms with Crippen LogP contribution >= 0.6 is 0 Å². The first-order valence-corrected chi connectivity index (χ1v) is 12.0. The molecule has 1 heterocycles. The summed E-state index contributed by atoms with van der Waals surface area (Å²) in [6.07, 6.45) is -4.24. The van der Waals surface area contributed by atoms with E-state index in [-0.39, 0.29) is 26.4 Å². The third-order valence-corrected chi connectivity index (χ3v) is 5.92. The van der Waals surface area contributed by atoms with E-state index in [4.69, 9.17) is 23.7 Å². The van der Waals surface area contributed by atoms with Gasteiger partial charge in [-0.15, -0.1) is 0 Å². The van der Waals surface area contributed by atoms with Crippen LogP contribution < -0.4 is 0 Å². The predicted molar refractivity (Wildman–Crippen MR) is 133 cm³/mol. The molecule has 7 nitrogen and oxygen atoms in total. The number of rotatable bonds is 11. The van der Waals surface area contributed by atoms with Crippen LogP contribution in [-0.4, -0.2) is 48.4 Å². The first-order chi connectivity index (χ1) is 17.6. The minimum absolute atomic E-state index is 0.0809. The Labute approximate surface area is 211 Å². The number of benzene rings is 3. The summed E-state index contributed by atoms with van der Waals surface area (Å²) in [5.41, 5.74) is 2.90. The first-order valence-electron chi connectivity index (χ1n) is 12.0. The number of hydrogen-bond acceptors (Lipinski definition) is 7. The summed E-state index contributed by atoms with van der Waals surface area (Å²) in [5.74, 6) is -0.445. The fourth-order valence-corrected chi connectivity index (χ4v) is 4.10. The fourth-order valence-electron chi connectivity index (χ4n) is 4.10. The zero-order valence-corrected chi connectivity index (χ0v) is 20.3. The maximum absolute atomic E-state index is 11.5. The molecule has 1 N–H and O–H groups in total. The lowest BCUT2D eigenvalue weighted by molar-refractivity contribution is -0.315. The van der Waals surface area contributed by atoms with Gasteiger partial charge in [0.2, 0.25) is 0 Å². The zero-order valence-electron chi connectivity index (χ0n) is 20.3. The average Bonchev–Trinajstić information content (AvgIpc) is 2.91. The Hall–Kier alpha value is -3.07. The SMILES string of the molecule is CC(=O)OC[C@H]1O[C@H](O)[C@H](OCc2ccccc2)[C@@H](OCc2ccccc2)[C@H]1OCc1ccccc1. The van der Waals surface area contributed by atoms with Gasteiger partial charge < -0.3 is 28.8 Å². The van der Waals surface area contributed by atoms with Crippen LogP contribution in [0.5, 0.6) is 0 Å². The zero-order chi connectivity index (χ0) is 25.2. The molecule has 36 heavy (non-hydrogen) atoms. The molecule has 1 aliphatic rings. The van der Waals surface area contributed by atoms with Gasteiger partial charge in [0.15, 0.2) is 6.29 Å². The molecule has 0 amide bonds. The number of hydrogen-bond donors (Lipinski definition) is 1. The lowest BCUT2D eigenvalue weighted by Gasteiger charge is -2.44. The Balaban J connectivity index is 1.57. The van der Waals surface area contributed by atoms with E-state index in [2.05, 4.69) is 0 Å². The van der Waals surface area contributed by atoms with Crippen molar-refractivity contribution < 1.29 is 33.6 Å². The van der Waals surface area contributed by atoms with E-state index >= 15 is 0 Å². The van der Waals surface area contributed by atoms with E-state index in [1.807, 2.05) is 91.0 Å². The van der Waals surface area contributed by atoms with Gasteiger partial charge in [-0.05, 0) is 16.7 Å². The van der Waals surface area contributed by atoms with Crippen LogP contribution in [0.3, 0.4) is 0 Å². The molecule has 0 unspecified atom stereocenters. The summed E-state index contributed by atoms with van der Waals surface area (Å²) in [7, 11) is 0. The van der Waals surface area contributed by atoms with Crippen LogP contribution in [0.1, 0.15) is 23.6 Å². The van der Waals surface area contributed by atoms with Crippen molar-refractivity contribution in [2.45, 2.75) is 57.5 Å². The molecular weight excluding hydrogens is 460 g/mol. The van der Waals surface area contributed by atoms with Gasteiger partial charge in [-0.1, -0.05) is 91.0 Å². The number of ether oxygens (including phenoxy) is 5. The highest BCUT2D eigenvalue weighted by Crippen LogP contribution is 2.30. The monoisotopic (exact) mass is 492 g/mol. The molecule has 0 aliphatic carbocycles. The molecule has 4 rings (SSSR count). The van der Waals surface area contributed by atoms with Crippen LogP contribution in [-0.2, 0) is 48.3 Å². The lowest BCUT2D eigenvalue weighted by atomic mass is 9.98. The fraction of sp³-hybridized carbons (Fsp3) is 0.345. The average molecular weight is 493 g/mol. The number of esters is 1. The summed E-state index contributed by atoms with van der Waals surface area (Å²) in [5, 5.41) is 10.9. The van der Waals surface area contributed by atoms with Crippen molar-refractivity contribution in [1.29, 1.82) is 0 Å². The molecule has 1 aliphatic heterocycles. The minimum Gasteiger partial charge on any atom is -0.463 e. The maximum Gasteiger partial charge on any atom is 0.302 e. The topological polar surface area (TPSA) is 83.5 Å². The summed E-state index contributed by atoms with van der Waals surface area (Å²) in [4.78, 5) is 11.5. The molecule has 1 fully saturated rings. The second kappa shape index (κ2) is 13.3. The van der Waals surface area contributed by atoms with Crippen LogP contribution in [0.25, 0.3) is 0 Å². The van der Waals surface area contributed by atoms with E-state index < -0.39 is 36.7 Å². The smallest absolute Gasteiger partial charge is 0.302 e. The van der Waals surface area contributed by atoms with Crippen LogP contribution in [0.2, 0.25) is 0 Å². The standard InChI is InChI=1S/C29H32O7/c1-21(30)32-20-25-26(33-17-22-11-5-2-6-12-22)27(34-18-23-13-7-3-8-14-23)28(29(31)36-25)35-19-24-15-9-4-10-16-24/h2-16,25-29,31H,17-20H2,1H3/t25-,26+,27+,28-,29+/m1/s1. The summed E-state index contributed by atoms with van der Waals surface area (Å²) in [6, 6.07) is 29.2. The van der Waals surface area contributed by atoms with Gasteiger partial charge in [-0.2, -0.15) is 0 Å². The predicted octanol–water partition coefficient (Wildman–Crippen LogP) is 4.02. The Morgan fingerprint density at radius 2 is 1.11 bits per heavy atom. The summed E-state index contributed by atoms with van der Waals surface area (Å²) in [6.45, 7) is 2.08. The van der Waals surface area contributed by atoms with Crippen molar-refractivity contribution in [2.24, 2.45) is 0 Å². The molecule has 1 saturated heterocycles. The van der Waals surface area contributed by atoms with Crippen molar-refractivity contribution >= 4 is 5.97 Å². The van der Waals surface area contributed by atoms with Gasteiger partial charge in [-0.25, -0.2) is 0 Å². The van der Waals surface area contributed by atoms with Gasteiger partial charge in [0.25, 0.3) is 0 Å². The van der Waals surface area contributed by atoms with Crippen molar-refractivity contribution in [3.8, 4) is 0 Å². The van der Waals surface area contributed by atoms with Gasteiger partial charge in [0, 0.05) is 6.92 Å². The molecule has 7 heteroatoms. The molecule has 3 aromatic carbocycles. The Morgan fingerprint density at radius 3 is 1.56 bits per heavy atom. The molecule has 0 aromatic heterocycles. The molecule has 0 saturated carbocycles. The van der Waals surface area contributed by atoms with Crippen LogP contribution in [0, 0.1) is 0 Å². The van der Waals surface area contributed by atoms with E-state index in [1.54, 1.807) is 0 Å². The largest absolute Gasteiger partial charge is 0.463 e. The maximum atomic E-state index is 11.5. The quantitative estimate of drug-likeness (QED) is 0.405. The van der Waals surface area contributed by atoms with Crippen molar-refractivity contribution in [3.63, 3.8) is 0 Å². The Bertz CT molecular complexity index is 1040. The molecule has 3 aromatic rings. The number of carbonyl (C=O) groups excluding carboxylic acids is 1. The van der Waals surface area contributed by atoms with E-state index in [1.165, 1.54) is 6.92 Å². The third kappa shape index (κ3) is 7.46. The molecule has 190 valence electrons. The first kappa shape index (κ1) is 26.0. The van der Waals surface area contributed by atoms with Crippen molar-refractivity contribution in [1.82, 2.24) is 0 Å². The van der Waals surface area contributed by atoms with E-state index in [9.17, 15) is 9.90 Å². The third-order valence-electron chi connectivity index (χ3n) is 5.92. The van der Waals surface area contributed by atoms with Crippen molar-refractivity contribution in [2.75, 3.05) is 6.61 Å². The Morgan fingerprint density at radius 1 is 0.694 bits per heavy atom. The van der Waals surface area contributed by atoms with Gasteiger partial charge >= 0.3 is 5.97 Å². The summed E-state index contributed by atoms with van der Waals surface area (Å²) >= 11 is 0. The highest BCUT2D eigenvalue weighted by atomic mass is 16.7. The van der Waals surface area contributed by atoms with Gasteiger partial charge in [0.1, 0.15) is 31.0 Å². The molecule has 0 bridgehead atoms. The molecule has 0 spiro atoms. The lowest BCUT2D eigenvalue weighted by Crippen LogP contribution is -2.61. The highest BCUT2D eigenvalue weighted by molar-refractivity contribution is 5.65. The Kier molecular flexibility index (Phi) is 9.61. The van der Waals surface area contributed by atoms with E-state index in [0.717, 1.165) is 16.7 Å². The van der Waals surface area contributed by atoms with Crippen LogP contribution in [0.15, 0.2) is 91.0 Å². The second-order valence-electron chi connectivity index (χ2n) is 8.65. The number of carbonyl (C=O) groups is 1. The molecule has 5 atom stereocenters. The second-order valence-corrected chi connectivity index (χ2v) is 8.65. The minimum atomic E-state index is -1.30. The number of aliphatic hydroxyl groups excluding tert-OH is 1.